The first-order valence-electron chi connectivity index (χ1n) is 6.52. The van der Waals surface area contributed by atoms with Crippen LogP contribution in [0.15, 0.2) is 42.0 Å². The first-order chi connectivity index (χ1) is 10.5. The second kappa shape index (κ2) is 5.04. The molecule has 0 saturated heterocycles. The molecule has 2 N–H and O–H groups in total. The Morgan fingerprint density at radius 3 is 2.32 bits per heavy atom. The summed E-state index contributed by atoms with van der Waals surface area (Å²) < 4.78 is 5.06. The number of Topliss-reactive ketones (excluding diaryl/α,β-unsaturated/α-hetero) is 2. The third-order valence-corrected chi connectivity index (χ3v) is 3.52. The summed E-state index contributed by atoms with van der Waals surface area (Å²) in [5.74, 6) is -0.823. The number of carbonyl (C=O) groups is 2. The van der Waals surface area contributed by atoms with Crippen molar-refractivity contribution < 1.29 is 24.5 Å². The number of ketones is 2. The van der Waals surface area contributed by atoms with Crippen molar-refractivity contribution in [3.8, 4) is 17.2 Å². The standard InChI is InChI=1S/C17H12O5/c1-22-10-3-4-11-12(8-10)17(21)13(16(11)20)6-9-2-5-14(18)15(19)7-9/h2-8,18-19H,1H3/b13-6+. The number of phenols is 2. The van der Waals surface area contributed by atoms with Gasteiger partial charge in [0, 0.05) is 11.1 Å². The van der Waals surface area contributed by atoms with Gasteiger partial charge in [-0.3, -0.25) is 9.59 Å². The highest BCUT2D eigenvalue weighted by Gasteiger charge is 2.33. The van der Waals surface area contributed by atoms with E-state index < -0.39 is 0 Å². The Balaban J connectivity index is 2.06. The van der Waals surface area contributed by atoms with Gasteiger partial charge in [0.05, 0.1) is 12.7 Å². The van der Waals surface area contributed by atoms with Gasteiger partial charge in [0.2, 0.25) is 0 Å². The number of carbonyl (C=O) groups excluding carboxylic acids is 2. The zero-order valence-corrected chi connectivity index (χ0v) is 11.7. The smallest absolute Gasteiger partial charge is 0.197 e. The topological polar surface area (TPSA) is 83.8 Å². The molecule has 0 aromatic heterocycles. The lowest BCUT2D eigenvalue weighted by atomic mass is 10.1. The van der Waals surface area contributed by atoms with Crippen LogP contribution in [0.25, 0.3) is 6.08 Å². The summed E-state index contributed by atoms with van der Waals surface area (Å²) in [6, 6.07) is 8.80. The van der Waals surface area contributed by atoms with E-state index in [0.29, 0.717) is 22.4 Å². The maximum absolute atomic E-state index is 12.4. The Morgan fingerprint density at radius 1 is 0.909 bits per heavy atom. The minimum Gasteiger partial charge on any atom is -0.504 e. The number of ether oxygens (including phenoxy) is 1. The van der Waals surface area contributed by atoms with Crippen molar-refractivity contribution in [3.63, 3.8) is 0 Å². The first-order valence-corrected chi connectivity index (χ1v) is 6.52. The van der Waals surface area contributed by atoms with Crippen molar-refractivity contribution in [1.82, 2.24) is 0 Å². The molecule has 2 aromatic rings. The molecule has 0 unspecified atom stereocenters. The molecule has 0 fully saturated rings. The minimum absolute atomic E-state index is 0.0216. The lowest BCUT2D eigenvalue weighted by Crippen LogP contribution is -2.00. The maximum atomic E-state index is 12.4. The van der Waals surface area contributed by atoms with Crippen LogP contribution < -0.4 is 4.74 Å². The van der Waals surface area contributed by atoms with Crippen LogP contribution in [0.2, 0.25) is 0 Å². The second-order valence-electron chi connectivity index (χ2n) is 4.88. The maximum Gasteiger partial charge on any atom is 0.197 e. The third-order valence-electron chi connectivity index (χ3n) is 3.52. The Hall–Kier alpha value is -3.08. The number of rotatable bonds is 2. The van der Waals surface area contributed by atoms with Crippen LogP contribution in [0.3, 0.4) is 0 Å². The van der Waals surface area contributed by atoms with Gasteiger partial charge in [-0.25, -0.2) is 0 Å². The van der Waals surface area contributed by atoms with Crippen LogP contribution in [-0.2, 0) is 0 Å². The molecule has 3 rings (SSSR count). The van der Waals surface area contributed by atoms with E-state index in [1.165, 1.54) is 37.5 Å². The van der Waals surface area contributed by atoms with Gasteiger partial charge in [-0.15, -0.1) is 0 Å². The molecule has 0 saturated carbocycles. The number of hydrogen-bond donors (Lipinski definition) is 2. The minimum atomic E-state index is -0.383. The van der Waals surface area contributed by atoms with E-state index in [-0.39, 0.29) is 28.6 Å². The quantitative estimate of drug-likeness (QED) is 0.505. The molecule has 1 aliphatic rings. The van der Waals surface area contributed by atoms with Gasteiger partial charge < -0.3 is 14.9 Å². The monoisotopic (exact) mass is 296 g/mol. The molecule has 0 radical (unpaired) electrons. The fourth-order valence-corrected chi connectivity index (χ4v) is 2.36. The highest BCUT2D eigenvalue weighted by atomic mass is 16.5. The van der Waals surface area contributed by atoms with Gasteiger partial charge in [-0.2, -0.15) is 0 Å². The Morgan fingerprint density at radius 2 is 1.64 bits per heavy atom. The molecular weight excluding hydrogens is 284 g/mol. The summed E-state index contributed by atoms with van der Waals surface area (Å²) >= 11 is 0. The van der Waals surface area contributed by atoms with E-state index in [9.17, 15) is 19.8 Å². The summed E-state index contributed by atoms with van der Waals surface area (Å²) in [4.78, 5) is 24.7. The first kappa shape index (κ1) is 13.9. The fourth-order valence-electron chi connectivity index (χ4n) is 2.36. The van der Waals surface area contributed by atoms with E-state index in [1.54, 1.807) is 12.1 Å². The molecular formula is C17H12O5. The van der Waals surface area contributed by atoms with Crippen molar-refractivity contribution in [2.75, 3.05) is 7.11 Å². The summed E-state index contributed by atoms with van der Waals surface area (Å²) in [7, 11) is 1.49. The average Bonchev–Trinajstić information content (AvgIpc) is 2.75. The highest BCUT2D eigenvalue weighted by molar-refractivity contribution is 6.41. The molecule has 5 nitrogen and oxygen atoms in total. The Bertz CT molecular complexity index is 833. The molecule has 0 spiro atoms. The Labute approximate surface area is 126 Å². The number of phenolic OH excluding ortho intramolecular Hbond substituents is 2. The van der Waals surface area contributed by atoms with Crippen LogP contribution in [0.5, 0.6) is 17.2 Å². The number of allylic oxidation sites excluding steroid dienone is 1. The SMILES string of the molecule is COc1ccc2c(c1)C(=O)/C(=C/c1ccc(O)c(O)c1)C2=O. The van der Waals surface area contributed by atoms with Gasteiger partial charge in [-0.1, -0.05) is 6.07 Å². The highest BCUT2D eigenvalue weighted by Crippen LogP contribution is 2.32. The van der Waals surface area contributed by atoms with Crippen LogP contribution in [0.4, 0.5) is 0 Å². The molecule has 0 atom stereocenters. The van der Waals surface area contributed by atoms with Crippen LogP contribution >= 0.6 is 0 Å². The molecule has 0 bridgehead atoms. The predicted molar refractivity (Wildman–Crippen MR) is 79.4 cm³/mol. The van der Waals surface area contributed by atoms with Crippen molar-refractivity contribution in [1.29, 1.82) is 0 Å². The third kappa shape index (κ3) is 2.13. The summed E-state index contributed by atoms with van der Waals surface area (Å²) in [6.07, 6.45) is 1.40. The molecule has 22 heavy (non-hydrogen) atoms. The van der Waals surface area contributed by atoms with E-state index in [4.69, 9.17) is 4.74 Å². The van der Waals surface area contributed by atoms with Gasteiger partial charge >= 0.3 is 0 Å². The average molecular weight is 296 g/mol. The number of aromatic hydroxyl groups is 2. The van der Waals surface area contributed by atoms with Crippen LogP contribution in [0, 0.1) is 0 Å². The number of hydrogen-bond acceptors (Lipinski definition) is 5. The van der Waals surface area contributed by atoms with E-state index in [0.717, 1.165) is 0 Å². The normalized spacial score (nSPS) is 15.2. The zero-order valence-electron chi connectivity index (χ0n) is 11.7. The molecule has 0 amide bonds. The zero-order chi connectivity index (χ0) is 15.9. The Kier molecular flexibility index (Phi) is 3.18. The molecule has 5 heteroatoms. The molecule has 110 valence electrons. The predicted octanol–water partition coefficient (Wildman–Crippen LogP) is 2.57. The van der Waals surface area contributed by atoms with Gasteiger partial charge in [-0.05, 0) is 42.0 Å². The molecule has 0 heterocycles. The summed E-state index contributed by atoms with van der Waals surface area (Å²) in [5, 5.41) is 18.8. The van der Waals surface area contributed by atoms with Crippen molar-refractivity contribution >= 4 is 17.6 Å². The number of fused-ring (bicyclic) bond motifs is 1. The molecule has 0 aliphatic heterocycles. The fraction of sp³-hybridized carbons (Fsp3) is 0.0588. The van der Waals surface area contributed by atoms with Crippen molar-refractivity contribution in [2.45, 2.75) is 0 Å². The summed E-state index contributed by atoms with van der Waals surface area (Å²) in [5.41, 5.74) is 1.11. The largest absolute Gasteiger partial charge is 0.504 e. The van der Waals surface area contributed by atoms with Gasteiger partial charge in [0.25, 0.3) is 0 Å². The van der Waals surface area contributed by atoms with E-state index in [2.05, 4.69) is 0 Å². The molecule has 1 aliphatic carbocycles. The van der Waals surface area contributed by atoms with E-state index in [1.807, 2.05) is 0 Å². The van der Waals surface area contributed by atoms with Gasteiger partial charge in [0.15, 0.2) is 23.1 Å². The lowest BCUT2D eigenvalue weighted by Gasteiger charge is -2.00. The number of methoxy groups -OCH3 is 1. The summed E-state index contributed by atoms with van der Waals surface area (Å²) in [6.45, 7) is 0. The second-order valence-corrected chi connectivity index (χ2v) is 4.88. The molecule has 2 aromatic carbocycles. The van der Waals surface area contributed by atoms with Crippen LogP contribution in [-0.4, -0.2) is 28.9 Å². The lowest BCUT2D eigenvalue weighted by molar-refractivity contribution is 0.0990. The van der Waals surface area contributed by atoms with Gasteiger partial charge in [0.1, 0.15) is 5.75 Å². The van der Waals surface area contributed by atoms with Crippen LogP contribution in [0.1, 0.15) is 26.3 Å². The van der Waals surface area contributed by atoms with Crippen molar-refractivity contribution in [3.05, 3.63) is 58.7 Å². The number of benzene rings is 2. The van der Waals surface area contributed by atoms with E-state index >= 15 is 0 Å². The van der Waals surface area contributed by atoms with Crippen molar-refractivity contribution in [2.24, 2.45) is 0 Å².